The SMILES string of the molecule is CC#CCN1CCO[C@H](CC(=O)OC)C1. The zero-order chi connectivity index (χ0) is 11.1. The molecule has 0 unspecified atom stereocenters. The molecule has 0 saturated carbocycles. The summed E-state index contributed by atoms with van der Waals surface area (Å²) in [5, 5.41) is 0. The van der Waals surface area contributed by atoms with E-state index in [0.29, 0.717) is 13.0 Å². The molecule has 84 valence electrons. The Morgan fingerprint density at radius 1 is 1.67 bits per heavy atom. The van der Waals surface area contributed by atoms with E-state index in [0.717, 1.165) is 19.6 Å². The predicted molar refractivity (Wildman–Crippen MR) is 56.3 cm³/mol. The van der Waals surface area contributed by atoms with E-state index >= 15 is 0 Å². The van der Waals surface area contributed by atoms with Crippen LogP contribution in [-0.2, 0) is 14.3 Å². The molecule has 4 heteroatoms. The van der Waals surface area contributed by atoms with Crippen LogP contribution >= 0.6 is 0 Å². The minimum atomic E-state index is -0.219. The first-order valence-corrected chi connectivity index (χ1v) is 5.06. The van der Waals surface area contributed by atoms with Crippen molar-refractivity contribution in [3.63, 3.8) is 0 Å². The van der Waals surface area contributed by atoms with Crippen LogP contribution in [0.3, 0.4) is 0 Å². The Balaban J connectivity index is 2.33. The van der Waals surface area contributed by atoms with Gasteiger partial charge in [0.2, 0.25) is 0 Å². The maximum atomic E-state index is 11.1. The van der Waals surface area contributed by atoms with Crippen molar-refractivity contribution in [3.05, 3.63) is 0 Å². The molecule has 0 aromatic rings. The molecule has 15 heavy (non-hydrogen) atoms. The molecule has 0 aromatic carbocycles. The highest BCUT2D eigenvalue weighted by atomic mass is 16.5. The van der Waals surface area contributed by atoms with Gasteiger partial charge in [0.05, 0.1) is 32.8 Å². The fourth-order valence-corrected chi connectivity index (χ4v) is 1.51. The zero-order valence-electron chi connectivity index (χ0n) is 9.28. The first kappa shape index (κ1) is 12.0. The number of hydrogen-bond donors (Lipinski definition) is 0. The van der Waals surface area contributed by atoms with Gasteiger partial charge in [0.25, 0.3) is 0 Å². The molecule has 1 atom stereocenters. The number of rotatable bonds is 3. The molecule has 1 heterocycles. The quantitative estimate of drug-likeness (QED) is 0.496. The van der Waals surface area contributed by atoms with Crippen LogP contribution in [0, 0.1) is 11.8 Å². The van der Waals surface area contributed by atoms with Gasteiger partial charge in [-0.05, 0) is 6.92 Å². The molecular formula is C11H17NO3. The first-order chi connectivity index (χ1) is 7.26. The molecule has 4 nitrogen and oxygen atoms in total. The highest BCUT2D eigenvalue weighted by molar-refractivity contribution is 5.69. The number of hydrogen-bond acceptors (Lipinski definition) is 4. The van der Waals surface area contributed by atoms with E-state index in [-0.39, 0.29) is 12.1 Å². The van der Waals surface area contributed by atoms with E-state index in [4.69, 9.17) is 4.74 Å². The number of carbonyl (C=O) groups is 1. The largest absolute Gasteiger partial charge is 0.469 e. The maximum absolute atomic E-state index is 11.1. The van der Waals surface area contributed by atoms with Crippen molar-refractivity contribution in [2.24, 2.45) is 0 Å². The van der Waals surface area contributed by atoms with Crippen LogP contribution in [0.15, 0.2) is 0 Å². The van der Waals surface area contributed by atoms with Crippen LogP contribution in [0.2, 0.25) is 0 Å². The normalized spacial score (nSPS) is 21.6. The number of ether oxygens (including phenoxy) is 2. The van der Waals surface area contributed by atoms with Gasteiger partial charge in [-0.3, -0.25) is 9.69 Å². The molecule has 1 rings (SSSR count). The molecule has 0 radical (unpaired) electrons. The summed E-state index contributed by atoms with van der Waals surface area (Å²) in [6.07, 6.45) is 0.275. The van der Waals surface area contributed by atoms with Gasteiger partial charge in [-0.25, -0.2) is 0 Å². The number of morpholine rings is 1. The first-order valence-electron chi connectivity index (χ1n) is 5.06. The van der Waals surface area contributed by atoms with Crippen molar-refractivity contribution in [3.8, 4) is 11.8 Å². The predicted octanol–water partition coefficient (Wildman–Crippen LogP) is 0.274. The monoisotopic (exact) mass is 211 g/mol. The number of carbonyl (C=O) groups excluding carboxylic acids is 1. The van der Waals surface area contributed by atoms with Crippen molar-refractivity contribution in [1.29, 1.82) is 0 Å². The van der Waals surface area contributed by atoms with Crippen LogP contribution in [0.1, 0.15) is 13.3 Å². The van der Waals surface area contributed by atoms with Crippen LogP contribution in [0.25, 0.3) is 0 Å². The van der Waals surface area contributed by atoms with E-state index in [1.165, 1.54) is 7.11 Å². The van der Waals surface area contributed by atoms with Crippen molar-refractivity contribution < 1.29 is 14.3 Å². The van der Waals surface area contributed by atoms with E-state index in [1.54, 1.807) is 0 Å². The molecule has 1 aliphatic rings. The smallest absolute Gasteiger partial charge is 0.308 e. The molecule has 0 aromatic heterocycles. The number of nitrogens with zero attached hydrogens (tertiary/aromatic N) is 1. The summed E-state index contributed by atoms with van der Waals surface area (Å²) in [4.78, 5) is 13.2. The maximum Gasteiger partial charge on any atom is 0.308 e. The summed E-state index contributed by atoms with van der Waals surface area (Å²) in [6.45, 7) is 4.87. The molecule has 0 bridgehead atoms. The molecule has 1 aliphatic heterocycles. The van der Waals surface area contributed by atoms with Crippen molar-refractivity contribution in [2.75, 3.05) is 33.4 Å². The Morgan fingerprint density at radius 3 is 3.13 bits per heavy atom. The highest BCUT2D eigenvalue weighted by Gasteiger charge is 2.22. The fraction of sp³-hybridized carbons (Fsp3) is 0.727. The lowest BCUT2D eigenvalue weighted by molar-refractivity contribution is -0.145. The molecule has 0 N–H and O–H groups in total. The van der Waals surface area contributed by atoms with Gasteiger partial charge in [-0.1, -0.05) is 5.92 Å². The number of esters is 1. The van der Waals surface area contributed by atoms with Crippen molar-refractivity contribution in [2.45, 2.75) is 19.4 Å². The Morgan fingerprint density at radius 2 is 2.47 bits per heavy atom. The van der Waals surface area contributed by atoms with Crippen LogP contribution < -0.4 is 0 Å². The lowest BCUT2D eigenvalue weighted by atomic mass is 10.2. The topological polar surface area (TPSA) is 38.8 Å². The second kappa shape index (κ2) is 6.44. The fourth-order valence-electron chi connectivity index (χ4n) is 1.51. The van der Waals surface area contributed by atoms with Gasteiger partial charge >= 0.3 is 5.97 Å². The average Bonchev–Trinajstić information content (AvgIpc) is 2.26. The summed E-state index contributed by atoms with van der Waals surface area (Å²) < 4.78 is 10.1. The van der Waals surface area contributed by atoms with Gasteiger partial charge in [-0.15, -0.1) is 5.92 Å². The highest BCUT2D eigenvalue weighted by Crippen LogP contribution is 2.08. The third-order valence-electron chi connectivity index (χ3n) is 2.32. The second-order valence-electron chi connectivity index (χ2n) is 3.43. The van der Waals surface area contributed by atoms with Crippen LogP contribution in [-0.4, -0.2) is 50.3 Å². The van der Waals surface area contributed by atoms with Crippen molar-refractivity contribution >= 4 is 5.97 Å². The Hall–Kier alpha value is -1.05. The Kier molecular flexibility index (Phi) is 5.16. The van der Waals surface area contributed by atoms with E-state index in [9.17, 15) is 4.79 Å². The van der Waals surface area contributed by atoms with E-state index in [1.807, 2.05) is 6.92 Å². The lowest BCUT2D eigenvalue weighted by Gasteiger charge is -2.30. The molecule has 1 saturated heterocycles. The molecular weight excluding hydrogens is 194 g/mol. The van der Waals surface area contributed by atoms with Crippen LogP contribution in [0.4, 0.5) is 0 Å². The van der Waals surface area contributed by atoms with E-state index in [2.05, 4.69) is 21.5 Å². The standard InChI is InChI=1S/C11H17NO3/c1-3-4-5-12-6-7-15-10(9-12)8-11(13)14-2/h10H,5-9H2,1-2H3/t10-/m1/s1. The van der Waals surface area contributed by atoms with Crippen molar-refractivity contribution in [1.82, 2.24) is 4.90 Å². The summed E-state index contributed by atoms with van der Waals surface area (Å²) in [5.41, 5.74) is 0. The summed E-state index contributed by atoms with van der Waals surface area (Å²) >= 11 is 0. The second-order valence-corrected chi connectivity index (χ2v) is 3.43. The summed E-state index contributed by atoms with van der Waals surface area (Å²) in [5.74, 6) is 5.65. The minimum Gasteiger partial charge on any atom is -0.469 e. The lowest BCUT2D eigenvalue weighted by Crippen LogP contribution is -2.43. The summed E-state index contributed by atoms with van der Waals surface area (Å²) in [7, 11) is 1.39. The van der Waals surface area contributed by atoms with E-state index < -0.39 is 0 Å². The van der Waals surface area contributed by atoms with Gasteiger partial charge in [0.1, 0.15) is 0 Å². The average molecular weight is 211 g/mol. The minimum absolute atomic E-state index is 0.0511. The van der Waals surface area contributed by atoms with Gasteiger partial charge in [0, 0.05) is 13.1 Å². The molecule has 0 spiro atoms. The third kappa shape index (κ3) is 4.32. The zero-order valence-corrected chi connectivity index (χ0v) is 9.28. The van der Waals surface area contributed by atoms with Gasteiger partial charge in [-0.2, -0.15) is 0 Å². The van der Waals surface area contributed by atoms with Gasteiger partial charge in [0.15, 0.2) is 0 Å². The van der Waals surface area contributed by atoms with Crippen LogP contribution in [0.5, 0.6) is 0 Å². The summed E-state index contributed by atoms with van der Waals surface area (Å²) in [6, 6.07) is 0. The number of methoxy groups -OCH3 is 1. The molecule has 0 amide bonds. The molecule has 0 aliphatic carbocycles. The Labute approximate surface area is 90.5 Å². The molecule has 1 fully saturated rings. The van der Waals surface area contributed by atoms with Gasteiger partial charge < -0.3 is 9.47 Å². The third-order valence-corrected chi connectivity index (χ3v) is 2.32. The Bertz CT molecular complexity index is 267.